The number of carboxylic acids is 1. The monoisotopic (exact) mass is 329 g/mol. The Hall–Kier alpha value is -2.38. The lowest BCUT2D eigenvalue weighted by Crippen LogP contribution is -2.44. The van der Waals surface area contributed by atoms with Crippen LogP contribution in [0.5, 0.6) is 0 Å². The molecule has 0 aliphatic carbocycles. The van der Waals surface area contributed by atoms with Crippen molar-refractivity contribution in [2.24, 2.45) is 11.7 Å². The fraction of sp³-hybridized carbons (Fsp3) is 0.412. The van der Waals surface area contributed by atoms with Gasteiger partial charge in [0.1, 0.15) is 11.2 Å². The van der Waals surface area contributed by atoms with Crippen molar-refractivity contribution in [1.29, 1.82) is 0 Å². The van der Waals surface area contributed by atoms with Gasteiger partial charge in [-0.15, -0.1) is 0 Å². The third-order valence-corrected chi connectivity index (χ3v) is 5.27. The number of nitrogens with two attached hydrogens (primary N) is 1. The predicted molar refractivity (Wildman–Crippen MR) is 89.6 cm³/mol. The molecular formula is C17H19N3O4. The number of anilines is 1. The van der Waals surface area contributed by atoms with E-state index in [1.807, 2.05) is 18.2 Å². The van der Waals surface area contributed by atoms with Gasteiger partial charge in [0, 0.05) is 37.8 Å². The number of H-pyrrole nitrogens is 1. The number of carbonyl (C=O) groups is 1. The molecule has 2 aliphatic heterocycles. The molecule has 4 N–H and O–H groups in total. The topological polar surface area (TPSA) is 109 Å². The number of hydrogen-bond acceptors (Lipinski definition) is 5. The number of carboxylic acid groups (broad SMARTS) is 1. The molecule has 0 saturated carbocycles. The van der Waals surface area contributed by atoms with Gasteiger partial charge in [-0.2, -0.15) is 0 Å². The van der Waals surface area contributed by atoms with Crippen molar-refractivity contribution < 1.29 is 14.6 Å². The van der Waals surface area contributed by atoms with Gasteiger partial charge in [0.25, 0.3) is 5.56 Å². The second-order valence-electron chi connectivity index (χ2n) is 6.57. The second-order valence-corrected chi connectivity index (χ2v) is 6.57. The third-order valence-electron chi connectivity index (χ3n) is 5.27. The highest BCUT2D eigenvalue weighted by Crippen LogP contribution is 2.40. The molecule has 0 amide bonds. The molecule has 0 radical (unpaired) electrons. The Morgan fingerprint density at radius 2 is 2.29 bits per heavy atom. The van der Waals surface area contributed by atoms with Crippen LogP contribution in [0.4, 0.5) is 5.69 Å². The highest BCUT2D eigenvalue weighted by molar-refractivity contribution is 5.93. The van der Waals surface area contributed by atoms with Crippen LogP contribution in [0.2, 0.25) is 0 Å². The van der Waals surface area contributed by atoms with E-state index in [1.54, 1.807) is 0 Å². The Bertz CT molecular complexity index is 878. The van der Waals surface area contributed by atoms with Crippen molar-refractivity contribution in [3.05, 3.63) is 40.2 Å². The predicted octanol–water partition coefficient (Wildman–Crippen LogP) is 0.780. The minimum atomic E-state index is -1.23. The second kappa shape index (κ2) is 5.32. The number of nitrogens with zero attached hydrogens (tertiary/aromatic N) is 1. The number of benzene rings is 1. The Balaban J connectivity index is 1.70. The molecule has 2 aliphatic rings. The quantitative estimate of drug-likeness (QED) is 0.768. The van der Waals surface area contributed by atoms with E-state index in [1.165, 1.54) is 6.07 Å². The van der Waals surface area contributed by atoms with Crippen LogP contribution in [0.25, 0.3) is 10.9 Å². The Kier molecular flexibility index (Phi) is 3.36. The number of ether oxygens (including phenoxy) is 1. The van der Waals surface area contributed by atoms with E-state index in [-0.39, 0.29) is 11.2 Å². The van der Waals surface area contributed by atoms with Crippen LogP contribution in [0, 0.1) is 5.92 Å². The minimum Gasteiger partial charge on any atom is -0.477 e. The molecule has 2 aromatic rings. The number of hydrogen-bond donors (Lipinski definition) is 3. The summed E-state index contributed by atoms with van der Waals surface area (Å²) in [6.45, 7) is 2.87. The number of aromatic carboxylic acids is 1. The molecule has 7 nitrogen and oxygen atoms in total. The van der Waals surface area contributed by atoms with E-state index in [0.29, 0.717) is 23.4 Å². The van der Waals surface area contributed by atoms with Gasteiger partial charge < -0.3 is 25.5 Å². The van der Waals surface area contributed by atoms with Crippen LogP contribution >= 0.6 is 0 Å². The summed E-state index contributed by atoms with van der Waals surface area (Å²) in [5.41, 5.74) is 6.45. The summed E-state index contributed by atoms with van der Waals surface area (Å²) in [6.07, 6.45) is 1.01. The third kappa shape index (κ3) is 2.20. The molecule has 0 bridgehead atoms. The normalized spacial score (nSPS) is 26.0. The Labute approximate surface area is 138 Å². The summed E-state index contributed by atoms with van der Waals surface area (Å²) in [5, 5.41) is 9.74. The van der Waals surface area contributed by atoms with Crippen molar-refractivity contribution >= 4 is 22.6 Å². The maximum Gasteiger partial charge on any atom is 0.341 e. The molecule has 7 heteroatoms. The van der Waals surface area contributed by atoms with Crippen molar-refractivity contribution in [2.75, 3.05) is 31.1 Å². The van der Waals surface area contributed by atoms with E-state index in [4.69, 9.17) is 15.6 Å². The molecule has 2 atom stereocenters. The highest BCUT2D eigenvalue weighted by atomic mass is 16.5. The molecule has 126 valence electrons. The average Bonchev–Trinajstić information content (AvgIpc) is 3.10. The number of pyridine rings is 1. The van der Waals surface area contributed by atoms with Gasteiger partial charge in [-0.3, -0.25) is 4.79 Å². The molecule has 2 unspecified atom stereocenters. The molecule has 2 saturated heterocycles. The van der Waals surface area contributed by atoms with Gasteiger partial charge in [0.15, 0.2) is 0 Å². The maximum atomic E-state index is 11.9. The summed E-state index contributed by atoms with van der Waals surface area (Å²) in [5.74, 6) is -0.803. The van der Waals surface area contributed by atoms with Crippen LogP contribution in [0.15, 0.2) is 29.1 Å². The van der Waals surface area contributed by atoms with Crippen molar-refractivity contribution in [3.63, 3.8) is 0 Å². The zero-order valence-electron chi connectivity index (χ0n) is 13.1. The van der Waals surface area contributed by atoms with Crippen LogP contribution in [0.3, 0.4) is 0 Å². The van der Waals surface area contributed by atoms with Gasteiger partial charge in [0.05, 0.1) is 5.52 Å². The molecule has 4 rings (SSSR count). The number of rotatable bonds is 3. The Morgan fingerprint density at radius 1 is 1.46 bits per heavy atom. The number of aromatic nitrogens is 1. The van der Waals surface area contributed by atoms with Crippen molar-refractivity contribution in [2.45, 2.75) is 12.0 Å². The van der Waals surface area contributed by atoms with Gasteiger partial charge in [-0.1, -0.05) is 6.07 Å². The fourth-order valence-corrected chi connectivity index (χ4v) is 3.90. The van der Waals surface area contributed by atoms with Gasteiger partial charge >= 0.3 is 5.97 Å². The SMILES string of the molecule is NCC12CN(c3ccc4cc(C(=O)O)c(=O)[nH]c4c3)CC1CCO2. The van der Waals surface area contributed by atoms with Crippen LogP contribution in [0.1, 0.15) is 16.8 Å². The summed E-state index contributed by atoms with van der Waals surface area (Å²) in [4.78, 5) is 27.8. The summed E-state index contributed by atoms with van der Waals surface area (Å²) < 4.78 is 5.92. The minimum absolute atomic E-state index is 0.249. The first-order valence-electron chi connectivity index (χ1n) is 8.02. The summed E-state index contributed by atoms with van der Waals surface area (Å²) in [6, 6.07) is 7.06. The van der Waals surface area contributed by atoms with E-state index < -0.39 is 11.5 Å². The summed E-state index contributed by atoms with van der Waals surface area (Å²) in [7, 11) is 0. The summed E-state index contributed by atoms with van der Waals surface area (Å²) >= 11 is 0. The van der Waals surface area contributed by atoms with Crippen molar-refractivity contribution in [1.82, 2.24) is 4.98 Å². The molecule has 2 fully saturated rings. The van der Waals surface area contributed by atoms with Crippen molar-refractivity contribution in [3.8, 4) is 0 Å². The van der Waals surface area contributed by atoms with Gasteiger partial charge in [0.2, 0.25) is 0 Å². The van der Waals surface area contributed by atoms with E-state index in [9.17, 15) is 9.59 Å². The van der Waals surface area contributed by atoms with Crippen LogP contribution in [-0.2, 0) is 4.74 Å². The van der Waals surface area contributed by atoms with E-state index in [0.717, 1.165) is 31.8 Å². The largest absolute Gasteiger partial charge is 0.477 e. The lowest BCUT2D eigenvalue weighted by molar-refractivity contribution is 0.0126. The zero-order chi connectivity index (χ0) is 16.9. The van der Waals surface area contributed by atoms with Gasteiger partial charge in [-0.25, -0.2) is 4.79 Å². The Morgan fingerprint density at radius 3 is 3.00 bits per heavy atom. The molecule has 24 heavy (non-hydrogen) atoms. The lowest BCUT2D eigenvalue weighted by atomic mass is 9.91. The van der Waals surface area contributed by atoms with Gasteiger partial charge in [-0.05, 0) is 30.0 Å². The zero-order valence-corrected chi connectivity index (χ0v) is 13.1. The molecule has 0 spiro atoms. The van der Waals surface area contributed by atoms with Crippen LogP contribution < -0.4 is 16.2 Å². The van der Waals surface area contributed by atoms with E-state index >= 15 is 0 Å². The van der Waals surface area contributed by atoms with Crippen LogP contribution in [-0.4, -0.2) is 47.9 Å². The number of nitrogens with one attached hydrogen (secondary N) is 1. The first-order chi connectivity index (χ1) is 11.5. The lowest BCUT2D eigenvalue weighted by Gasteiger charge is -2.26. The molecule has 1 aromatic heterocycles. The first kappa shape index (κ1) is 15.2. The number of aromatic amines is 1. The maximum absolute atomic E-state index is 11.9. The fourth-order valence-electron chi connectivity index (χ4n) is 3.90. The highest BCUT2D eigenvalue weighted by Gasteiger charge is 2.50. The van der Waals surface area contributed by atoms with E-state index in [2.05, 4.69) is 9.88 Å². The molecule has 3 heterocycles. The molecule has 1 aromatic carbocycles. The average molecular weight is 329 g/mol. The molecular weight excluding hydrogens is 310 g/mol. The number of fused-ring (bicyclic) bond motifs is 2. The first-order valence-corrected chi connectivity index (χ1v) is 8.02. The smallest absolute Gasteiger partial charge is 0.341 e. The standard InChI is InChI=1S/C17H19N3O4/c18-8-17-9-20(7-11(17)3-4-24-17)12-2-1-10-5-13(16(22)23)15(21)19-14(10)6-12/h1-2,5-6,11H,3-4,7-9,18H2,(H,19,21)(H,22,23).